The van der Waals surface area contributed by atoms with E-state index in [0.29, 0.717) is 16.8 Å². The van der Waals surface area contributed by atoms with Crippen molar-refractivity contribution in [2.24, 2.45) is 0 Å². The van der Waals surface area contributed by atoms with Gasteiger partial charge in [0.1, 0.15) is 5.69 Å². The van der Waals surface area contributed by atoms with Gasteiger partial charge in [0.25, 0.3) is 0 Å². The lowest BCUT2D eigenvalue weighted by Crippen LogP contribution is -2.28. The van der Waals surface area contributed by atoms with Crippen LogP contribution in [0.3, 0.4) is 0 Å². The number of carboxylic acid groups (broad SMARTS) is 1. The average Bonchev–Trinajstić information content (AvgIpc) is 2.89. The van der Waals surface area contributed by atoms with Crippen LogP contribution in [-0.4, -0.2) is 39.7 Å². The van der Waals surface area contributed by atoms with Crippen LogP contribution in [-0.2, 0) is 0 Å². The smallest absolute Gasteiger partial charge is 0.352 e. The third-order valence-corrected chi connectivity index (χ3v) is 4.17. The maximum absolute atomic E-state index is 11.2. The van der Waals surface area contributed by atoms with Gasteiger partial charge >= 0.3 is 5.97 Å². The largest absolute Gasteiger partial charge is 0.477 e. The van der Waals surface area contributed by atoms with Crippen molar-refractivity contribution in [1.82, 2.24) is 9.47 Å². The fourth-order valence-electron chi connectivity index (χ4n) is 3.27. The van der Waals surface area contributed by atoms with E-state index in [4.69, 9.17) is 11.6 Å². The second kappa shape index (κ2) is 4.03. The van der Waals surface area contributed by atoms with Crippen molar-refractivity contribution in [1.29, 1.82) is 0 Å². The Balaban J connectivity index is 1.96. The van der Waals surface area contributed by atoms with E-state index in [1.54, 1.807) is 12.3 Å². The molecule has 1 N–H and O–H groups in total. The van der Waals surface area contributed by atoms with Gasteiger partial charge in [0, 0.05) is 18.8 Å². The summed E-state index contributed by atoms with van der Waals surface area (Å²) in [5.74, 6) is -0.895. The average molecular weight is 255 g/mol. The fraction of sp³-hybridized carbons (Fsp3) is 0.583. The Kier molecular flexibility index (Phi) is 2.64. The van der Waals surface area contributed by atoms with Gasteiger partial charge in [-0.3, -0.25) is 4.90 Å². The van der Waals surface area contributed by atoms with Crippen LogP contribution in [0.2, 0.25) is 5.02 Å². The van der Waals surface area contributed by atoms with Crippen LogP contribution in [0.15, 0.2) is 12.3 Å². The molecule has 3 rings (SSSR count). The van der Waals surface area contributed by atoms with Gasteiger partial charge in [0.15, 0.2) is 0 Å². The second-order valence-corrected chi connectivity index (χ2v) is 5.29. The quantitative estimate of drug-likeness (QED) is 0.881. The predicted molar refractivity (Wildman–Crippen MR) is 64.7 cm³/mol. The van der Waals surface area contributed by atoms with Crippen molar-refractivity contribution < 1.29 is 9.90 Å². The van der Waals surface area contributed by atoms with Crippen LogP contribution >= 0.6 is 11.6 Å². The number of halogens is 1. The second-order valence-electron chi connectivity index (χ2n) is 4.86. The number of aromatic nitrogens is 1. The fourth-order valence-corrected chi connectivity index (χ4v) is 3.48. The van der Waals surface area contributed by atoms with Gasteiger partial charge in [0.05, 0.1) is 11.1 Å². The molecule has 1 aromatic rings. The predicted octanol–water partition coefficient (Wildman–Crippen LogP) is 2.25. The van der Waals surface area contributed by atoms with Gasteiger partial charge in [-0.15, -0.1) is 0 Å². The third kappa shape index (κ3) is 1.76. The SMILES string of the molecule is O=C(O)c1cc(Cl)cn1C1CCN2CCCC12. The molecule has 0 aromatic carbocycles. The molecule has 2 aliphatic heterocycles. The summed E-state index contributed by atoms with van der Waals surface area (Å²) in [5, 5.41) is 9.70. The summed E-state index contributed by atoms with van der Waals surface area (Å²) < 4.78 is 1.86. The van der Waals surface area contributed by atoms with Crippen LogP contribution < -0.4 is 0 Å². The minimum absolute atomic E-state index is 0.274. The molecular formula is C12H15ClN2O2. The van der Waals surface area contributed by atoms with Crippen molar-refractivity contribution in [3.8, 4) is 0 Å². The summed E-state index contributed by atoms with van der Waals surface area (Å²) in [6.07, 6.45) is 5.17. The van der Waals surface area contributed by atoms with Crippen molar-refractivity contribution in [2.75, 3.05) is 13.1 Å². The lowest BCUT2D eigenvalue weighted by Gasteiger charge is -2.22. The molecule has 0 spiro atoms. The third-order valence-electron chi connectivity index (χ3n) is 3.96. The molecule has 2 saturated heterocycles. The van der Waals surface area contributed by atoms with E-state index in [9.17, 15) is 9.90 Å². The molecule has 0 amide bonds. The Bertz CT molecular complexity index is 457. The topological polar surface area (TPSA) is 45.5 Å². The molecule has 2 aliphatic rings. The first-order valence-electron chi connectivity index (χ1n) is 6.01. The summed E-state index contributed by atoms with van der Waals surface area (Å²) in [6, 6.07) is 2.31. The molecule has 17 heavy (non-hydrogen) atoms. The van der Waals surface area contributed by atoms with Crippen LogP contribution in [0.1, 0.15) is 35.8 Å². The first-order chi connectivity index (χ1) is 8.16. The maximum atomic E-state index is 11.2. The van der Waals surface area contributed by atoms with Gasteiger partial charge in [-0.1, -0.05) is 11.6 Å². The van der Waals surface area contributed by atoms with Crippen LogP contribution in [0.25, 0.3) is 0 Å². The molecule has 3 heterocycles. The van der Waals surface area contributed by atoms with Crippen molar-refractivity contribution in [2.45, 2.75) is 31.3 Å². The van der Waals surface area contributed by atoms with Crippen molar-refractivity contribution in [3.05, 3.63) is 23.0 Å². The monoisotopic (exact) mass is 254 g/mol. The Morgan fingerprint density at radius 2 is 2.18 bits per heavy atom. The number of rotatable bonds is 2. The normalized spacial score (nSPS) is 28.5. The molecule has 2 fully saturated rings. The van der Waals surface area contributed by atoms with Gasteiger partial charge < -0.3 is 9.67 Å². The van der Waals surface area contributed by atoms with Gasteiger partial charge in [-0.05, 0) is 31.9 Å². The minimum atomic E-state index is -0.895. The van der Waals surface area contributed by atoms with E-state index in [1.807, 2.05) is 4.57 Å². The van der Waals surface area contributed by atoms with Crippen LogP contribution in [0.5, 0.6) is 0 Å². The lowest BCUT2D eigenvalue weighted by molar-refractivity contribution is 0.0681. The van der Waals surface area contributed by atoms with Gasteiger partial charge in [0.2, 0.25) is 0 Å². The van der Waals surface area contributed by atoms with E-state index in [-0.39, 0.29) is 6.04 Å². The summed E-state index contributed by atoms with van der Waals surface area (Å²) in [4.78, 5) is 13.7. The van der Waals surface area contributed by atoms with E-state index in [2.05, 4.69) is 4.90 Å². The van der Waals surface area contributed by atoms with E-state index in [1.165, 1.54) is 12.8 Å². The number of carboxylic acids is 1. The first-order valence-corrected chi connectivity index (χ1v) is 6.39. The Morgan fingerprint density at radius 3 is 2.94 bits per heavy atom. The number of aromatic carboxylic acids is 1. The van der Waals surface area contributed by atoms with Crippen LogP contribution in [0.4, 0.5) is 0 Å². The molecule has 4 nitrogen and oxygen atoms in total. The molecule has 2 unspecified atom stereocenters. The molecular weight excluding hydrogens is 240 g/mol. The highest BCUT2D eigenvalue weighted by atomic mass is 35.5. The zero-order valence-corrected chi connectivity index (χ0v) is 10.2. The number of nitrogens with zero attached hydrogens (tertiary/aromatic N) is 2. The van der Waals surface area contributed by atoms with Crippen LogP contribution in [0, 0.1) is 0 Å². The summed E-state index contributed by atoms with van der Waals surface area (Å²) in [6.45, 7) is 2.22. The molecule has 92 valence electrons. The Labute approximate surface area is 105 Å². The summed E-state index contributed by atoms with van der Waals surface area (Å²) >= 11 is 5.93. The number of carbonyl (C=O) groups is 1. The number of hydrogen-bond donors (Lipinski definition) is 1. The highest BCUT2D eigenvalue weighted by Gasteiger charge is 2.39. The van der Waals surface area contributed by atoms with Crippen molar-refractivity contribution >= 4 is 17.6 Å². The molecule has 2 atom stereocenters. The maximum Gasteiger partial charge on any atom is 0.352 e. The van der Waals surface area contributed by atoms with E-state index >= 15 is 0 Å². The minimum Gasteiger partial charge on any atom is -0.477 e. The highest BCUT2D eigenvalue weighted by molar-refractivity contribution is 6.30. The van der Waals surface area contributed by atoms with Gasteiger partial charge in [-0.25, -0.2) is 4.79 Å². The van der Waals surface area contributed by atoms with E-state index < -0.39 is 5.97 Å². The van der Waals surface area contributed by atoms with Gasteiger partial charge in [-0.2, -0.15) is 0 Å². The zero-order chi connectivity index (χ0) is 12.0. The molecule has 1 aromatic heterocycles. The molecule has 0 aliphatic carbocycles. The van der Waals surface area contributed by atoms with E-state index in [0.717, 1.165) is 19.5 Å². The highest BCUT2D eigenvalue weighted by Crippen LogP contribution is 2.37. The number of hydrogen-bond acceptors (Lipinski definition) is 2. The molecule has 0 bridgehead atoms. The number of fused-ring (bicyclic) bond motifs is 1. The Morgan fingerprint density at radius 1 is 1.35 bits per heavy atom. The first kappa shape index (κ1) is 11.1. The summed E-state index contributed by atoms with van der Waals surface area (Å²) in [7, 11) is 0. The zero-order valence-electron chi connectivity index (χ0n) is 9.47. The summed E-state index contributed by atoms with van der Waals surface area (Å²) in [5.41, 5.74) is 0.314. The Hall–Kier alpha value is -1.00. The molecule has 0 saturated carbocycles. The standard InChI is InChI=1S/C12H15ClN2O2/c13-8-6-11(12(16)17)15(7-8)10-3-5-14-4-1-2-9(10)14/h6-7,9-10H,1-5H2,(H,16,17). The van der Waals surface area contributed by atoms with Crippen molar-refractivity contribution in [3.63, 3.8) is 0 Å². The molecule has 5 heteroatoms. The molecule has 0 radical (unpaired) electrons. The lowest BCUT2D eigenvalue weighted by atomic mass is 10.1.